The summed E-state index contributed by atoms with van der Waals surface area (Å²) in [5.74, 6) is 0.150. The van der Waals surface area contributed by atoms with Crippen LogP contribution in [0.4, 0.5) is 5.13 Å². The second kappa shape index (κ2) is 8.10. The highest BCUT2D eigenvalue weighted by molar-refractivity contribution is 7.17. The van der Waals surface area contributed by atoms with E-state index in [1.165, 1.54) is 0 Å². The first-order valence-corrected chi connectivity index (χ1v) is 10.1. The van der Waals surface area contributed by atoms with Crippen LogP contribution in [0.1, 0.15) is 18.4 Å². The number of anilines is 1. The number of nitrogens with one attached hydrogen (secondary N) is 1. The first-order valence-electron chi connectivity index (χ1n) is 8.93. The van der Waals surface area contributed by atoms with E-state index < -0.39 is 0 Å². The molecule has 0 bridgehead atoms. The maximum atomic E-state index is 12.5. The third-order valence-electron chi connectivity index (χ3n) is 4.72. The molecule has 1 aliphatic heterocycles. The number of aromatic nitrogens is 3. The van der Waals surface area contributed by atoms with Gasteiger partial charge in [-0.1, -0.05) is 35.1 Å². The summed E-state index contributed by atoms with van der Waals surface area (Å²) in [5.41, 5.74) is 1.01. The van der Waals surface area contributed by atoms with Crippen LogP contribution in [0.3, 0.4) is 0 Å². The Bertz CT molecular complexity index is 902. The van der Waals surface area contributed by atoms with Crippen LogP contribution in [0, 0.1) is 5.92 Å². The standard InChI is InChI=1S/C19H20ClN5OS/c20-16-5-3-4-14(12-16)13-21-17(26)15-6-10-25(11-7-15)19-23-22-18(27-19)24-8-1-2-9-24/h1-5,8-9,12,15H,6-7,10-11,13H2,(H,21,26). The molecule has 1 fully saturated rings. The highest BCUT2D eigenvalue weighted by Gasteiger charge is 2.26. The molecule has 140 valence electrons. The molecule has 6 nitrogen and oxygen atoms in total. The summed E-state index contributed by atoms with van der Waals surface area (Å²) in [4.78, 5) is 14.7. The fourth-order valence-corrected chi connectivity index (χ4v) is 4.29. The minimum Gasteiger partial charge on any atom is -0.352 e. The number of carbonyl (C=O) groups excluding carboxylic acids is 1. The zero-order valence-corrected chi connectivity index (χ0v) is 16.3. The lowest BCUT2D eigenvalue weighted by Gasteiger charge is -2.30. The SMILES string of the molecule is O=C(NCc1cccc(Cl)c1)C1CCN(c2nnc(-n3cccc3)s2)CC1. The molecule has 3 aromatic rings. The Labute approximate surface area is 166 Å². The first kappa shape index (κ1) is 18.0. The summed E-state index contributed by atoms with van der Waals surface area (Å²) in [7, 11) is 0. The van der Waals surface area contributed by atoms with Crippen LogP contribution in [0.5, 0.6) is 0 Å². The van der Waals surface area contributed by atoms with E-state index in [9.17, 15) is 4.79 Å². The Hall–Kier alpha value is -2.38. The maximum absolute atomic E-state index is 12.5. The smallest absolute Gasteiger partial charge is 0.223 e. The Kier molecular flexibility index (Phi) is 5.40. The van der Waals surface area contributed by atoms with Crippen molar-refractivity contribution in [3.05, 3.63) is 59.4 Å². The summed E-state index contributed by atoms with van der Waals surface area (Å²) in [5, 5.41) is 14.1. The topological polar surface area (TPSA) is 63.1 Å². The fourth-order valence-electron chi connectivity index (χ4n) is 3.22. The van der Waals surface area contributed by atoms with Crippen LogP contribution < -0.4 is 10.2 Å². The lowest BCUT2D eigenvalue weighted by Crippen LogP contribution is -2.40. The lowest BCUT2D eigenvalue weighted by atomic mass is 9.96. The van der Waals surface area contributed by atoms with Gasteiger partial charge in [0.15, 0.2) is 0 Å². The van der Waals surface area contributed by atoms with Crippen LogP contribution in [-0.4, -0.2) is 33.8 Å². The van der Waals surface area contributed by atoms with Gasteiger partial charge in [-0.2, -0.15) is 0 Å². The van der Waals surface area contributed by atoms with Crippen molar-refractivity contribution in [2.45, 2.75) is 19.4 Å². The van der Waals surface area contributed by atoms with Crippen LogP contribution in [0.2, 0.25) is 5.02 Å². The van der Waals surface area contributed by atoms with Crippen molar-refractivity contribution in [3.63, 3.8) is 0 Å². The van der Waals surface area contributed by atoms with E-state index in [1.807, 2.05) is 53.4 Å². The zero-order chi connectivity index (χ0) is 18.6. The molecule has 4 rings (SSSR count). The number of carbonyl (C=O) groups is 1. The lowest BCUT2D eigenvalue weighted by molar-refractivity contribution is -0.125. The molecular weight excluding hydrogens is 382 g/mol. The summed E-state index contributed by atoms with van der Waals surface area (Å²) < 4.78 is 1.96. The Morgan fingerprint density at radius 2 is 1.89 bits per heavy atom. The van der Waals surface area contributed by atoms with Crippen LogP contribution in [-0.2, 0) is 11.3 Å². The van der Waals surface area contributed by atoms with Crippen LogP contribution in [0.15, 0.2) is 48.8 Å². The molecule has 1 saturated heterocycles. The number of hydrogen-bond acceptors (Lipinski definition) is 5. The van der Waals surface area contributed by atoms with E-state index in [0.29, 0.717) is 11.6 Å². The first-order chi connectivity index (χ1) is 13.2. The Morgan fingerprint density at radius 1 is 1.15 bits per heavy atom. The molecular formula is C19H20ClN5OS. The summed E-state index contributed by atoms with van der Waals surface area (Å²) in [6, 6.07) is 11.5. The monoisotopic (exact) mass is 401 g/mol. The fraction of sp³-hybridized carbons (Fsp3) is 0.316. The maximum Gasteiger partial charge on any atom is 0.223 e. The predicted octanol–water partition coefficient (Wildman–Crippen LogP) is 3.52. The highest BCUT2D eigenvalue weighted by Crippen LogP contribution is 2.27. The van der Waals surface area contributed by atoms with Crippen molar-refractivity contribution in [2.24, 2.45) is 5.92 Å². The number of piperidine rings is 1. The molecule has 1 N–H and O–H groups in total. The third kappa shape index (κ3) is 4.31. The summed E-state index contributed by atoms with van der Waals surface area (Å²) in [6.45, 7) is 2.14. The molecule has 3 heterocycles. The second-order valence-electron chi connectivity index (χ2n) is 6.57. The van der Waals surface area contributed by atoms with Crippen molar-refractivity contribution in [1.29, 1.82) is 0 Å². The van der Waals surface area contributed by atoms with Gasteiger partial charge in [-0.05, 0) is 42.7 Å². The van der Waals surface area contributed by atoms with Gasteiger partial charge in [-0.3, -0.25) is 9.36 Å². The van der Waals surface area contributed by atoms with Gasteiger partial charge in [0.1, 0.15) is 0 Å². The molecule has 2 aromatic heterocycles. The predicted molar refractivity (Wildman–Crippen MR) is 107 cm³/mol. The molecule has 1 aliphatic rings. The number of benzene rings is 1. The molecule has 0 spiro atoms. The molecule has 0 saturated carbocycles. The van der Waals surface area contributed by atoms with E-state index in [4.69, 9.17) is 11.6 Å². The Morgan fingerprint density at radius 3 is 2.63 bits per heavy atom. The van der Waals surface area contributed by atoms with Gasteiger partial charge in [0.25, 0.3) is 0 Å². The van der Waals surface area contributed by atoms with E-state index in [0.717, 1.165) is 41.8 Å². The van der Waals surface area contributed by atoms with Gasteiger partial charge in [-0.15, -0.1) is 10.2 Å². The van der Waals surface area contributed by atoms with Crippen molar-refractivity contribution in [2.75, 3.05) is 18.0 Å². The van der Waals surface area contributed by atoms with Gasteiger partial charge < -0.3 is 10.2 Å². The molecule has 0 unspecified atom stereocenters. The molecule has 8 heteroatoms. The minimum atomic E-state index is 0.0391. The number of hydrogen-bond donors (Lipinski definition) is 1. The largest absolute Gasteiger partial charge is 0.352 e. The second-order valence-corrected chi connectivity index (χ2v) is 7.94. The van der Waals surface area contributed by atoms with Crippen LogP contribution in [0.25, 0.3) is 5.13 Å². The molecule has 0 aliphatic carbocycles. The van der Waals surface area contributed by atoms with Crippen LogP contribution >= 0.6 is 22.9 Å². The van der Waals surface area contributed by atoms with Gasteiger partial charge >= 0.3 is 0 Å². The molecule has 0 radical (unpaired) electrons. The third-order valence-corrected chi connectivity index (χ3v) is 5.95. The average molecular weight is 402 g/mol. The van der Waals surface area contributed by atoms with Gasteiger partial charge in [-0.25, -0.2) is 0 Å². The van der Waals surface area contributed by atoms with E-state index in [1.54, 1.807) is 11.3 Å². The van der Waals surface area contributed by atoms with Crippen molar-refractivity contribution in [1.82, 2.24) is 20.1 Å². The Balaban J connectivity index is 1.29. The molecule has 1 aromatic carbocycles. The number of halogens is 1. The summed E-state index contributed by atoms with van der Waals surface area (Å²) >= 11 is 7.56. The number of amides is 1. The quantitative estimate of drug-likeness (QED) is 0.710. The van der Waals surface area contributed by atoms with E-state index in [2.05, 4.69) is 20.4 Å². The van der Waals surface area contributed by atoms with Crippen molar-refractivity contribution in [3.8, 4) is 5.13 Å². The number of rotatable bonds is 5. The van der Waals surface area contributed by atoms with Gasteiger partial charge in [0, 0.05) is 43.0 Å². The van der Waals surface area contributed by atoms with E-state index >= 15 is 0 Å². The molecule has 0 atom stereocenters. The number of nitrogens with zero attached hydrogens (tertiary/aromatic N) is 4. The zero-order valence-electron chi connectivity index (χ0n) is 14.7. The van der Waals surface area contributed by atoms with Crippen molar-refractivity contribution >= 4 is 34.0 Å². The van der Waals surface area contributed by atoms with Crippen molar-refractivity contribution < 1.29 is 4.79 Å². The summed E-state index contributed by atoms with van der Waals surface area (Å²) in [6.07, 6.45) is 5.56. The molecule has 27 heavy (non-hydrogen) atoms. The molecule has 1 amide bonds. The highest BCUT2D eigenvalue weighted by atomic mass is 35.5. The minimum absolute atomic E-state index is 0.0391. The van der Waals surface area contributed by atoms with Gasteiger partial charge in [0.05, 0.1) is 0 Å². The normalized spacial score (nSPS) is 15.1. The van der Waals surface area contributed by atoms with E-state index in [-0.39, 0.29) is 11.8 Å². The average Bonchev–Trinajstić information content (AvgIpc) is 3.38. The van der Waals surface area contributed by atoms with Gasteiger partial charge in [0.2, 0.25) is 16.2 Å².